The maximum Gasteiger partial charge on any atom is 0.411 e. The fourth-order valence-electron chi connectivity index (χ4n) is 1.29. The largest absolute Gasteiger partial charge is 0.447 e. The molecule has 18 heavy (non-hydrogen) atoms. The minimum Gasteiger partial charge on any atom is -0.447 e. The predicted molar refractivity (Wildman–Crippen MR) is 64.2 cm³/mol. The molecular formula is C11H14FN3O3. The summed E-state index contributed by atoms with van der Waals surface area (Å²) < 4.78 is 18.4. The minimum atomic E-state index is -0.748. The molecule has 0 saturated heterocycles. The fraction of sp³-hybridized carbons (Fsp3) is 0.273. The van der Waals surface area contributed by atoms with Crippen LogP contribution in [-0.4, -0.2) is 23.2 Å². The highest BCUT2D eigenvalue weighted by atomic mass is 19.1. The normalized spacial score (nSPS) is 11.4. The zero-order valence-electron chi connectivity index (χ0n) is 9.98. The van der Waals surface area contributed by atoms with Gasteiger partial charge >= 0.3 is 6.09 Å². The van der Waals surface area contributed by atoms with Crippen LogP contribution in [0.15, 0.2) is 23.4 Å². The van der Waals surface area contributed by atoms with Crippen molar-refractivity contribution in [2.24, 2.45) is 10.9 Å². The molecule has 1 rings (SSSR count). The van der Waals surface area contributed by atoms with E-state index in [0.29, 0.717) is 0 Å². The minimum absolute atomic E-state index is 0.0657. The van der Waals surface area contributed by atoms with Crippen molar-refractivity contribution in [2.75, 3.05) is 5.32 Å². The van der Waals surface area contributed by atoms with E-state index in [0.717, 1.165) is 6.07 Å². The number of halogens is 1. The highest BCUT2D eigenvalue weighted by Crippen LogP contribution is 2.19. The molecular weight excluding hydrogens is 241 g/mol. The van der Waals surface area contributed by atoms with E-state index in [-0.39, 0.29) is 17.4 Å². The van der Waals surface area contributed by atoms with Crippen molar-refractivity contribution < 1.29 is 19.1 Å². The molecule has 0 unspecified atom stereocenters. The van der Waals surface area contributed by atoms with Gasteiger partial charge in [0.15, 0.2) is 5.84 Å². The Labute approximate surface area is 103 Å². The van der Waals surface area contributed by atoms with Crippen LogP contribution < -0.4 is 11.1 Å². The summed E-state index contributed by atoms with van der Waals surface area (Å²) in [6.45, 7) is 3.35. The zero-order valence-corrected chi connectivity index (χ0v) is 9.98. The lowest BCUT2D eigenvalue weighted by atomic mass is 10.1. The lowest BCUT2D eigenvalue weighted by molar-refractivity contribution is 0.130. The second-order valence-corrected chi connectivity index (χ2v) is 3.73. The second kappa shape index (κ2) is 5.85. The summed E-state index contributed by atoms with van der Waals surface area (Å²) in [6, 6.07) is 3.93. The van der Waals surface area contributed by atoms with Crippen LogP contribution in [0.2, 0.25) is 0 Å². The molecule has 0 aliphatic rings. The maximum atomic E-state index is 13.5. The number of benzene rings is 1. The second-order valence-electron chi connectivity index (χ2n) is 3.73. The molecule has 0 aliphatic carbocycles. The van der Waals surface area contributed by atoms with Crippen LogP contribution in [0, 0.1) is 5.82 Å². The van der Waals surface area contributed by atoms with Crippen LogP contribution >= 0.6 is 0 Å². The summed E-state index contributed by atoms with van der Waals surface area (Å²) in [4.78, 5) is 11.4. The highest BCUT2D eigenvalue weighted by Gasteiger charge is 2.15. The molecule has 0 atom stereocenters. The number of hydrogen-bond donors (Lipinski definition) is 3. The van der Waals surface area contributed by atoms with Gasteiger partial charge in [-0.1, -0.05) is 11.2 Å². The summed E-state index contributed by atoms with van der Waals surface area (Å²) in [5.41, 5.74) is 5.21. The molecule has 0 bridgehead atoms. The number of carbonyl (C=O) groups excluding carboxylic acids is 1. The number of carbonyl (C=O) groups is 1. The number of nitrogens with two attached hydrogens (primary N) is 1. The monoisotopic (exact) mass is 255 g/mol. The third-order valence-electron chi connectivity index (χ3n) is 1.96. The zero-order chi connectivity index (χ0) is 13.7. The van der Waals surface area contributed by atoms with E-state index in [9.17, 15) is 9.18 Å². The first kappa shape index (κ1) is 13.8. The van der Waals surface area contributed by atoms with E-state index in [4.69, 9.17) is 15.7 Å². The van der Waals surface area contributed by atoms with Gasteiger partial charge in [0, 0.05) is 0 Å². The number of amidine groups is 1. The number of amides is 1. The van der Waals surface area contributed by atoms with Crippen LogP contribution in [0.4, 0.5) is 14.9 Å². The smallest absolute Gasteiger partial charge is 0.411 e. The van der Waals surface area contributed by atoms with Crippen LogP contribution in [0.5, 0.6) is 0 Å². The summed E-state index contributed by atoms with van der Waals surface area (Å²) in [5.74, 6) is -1.15. The third kappa shape index (κ3) is 3.34. The molecule has 0 heterocycles. The number of hydrogen-bond acceptors (Lipinski definition) is 4. The molecule has 98 valence electrons. The van der Waals surface area contributed by atoms with Crippen molar-refractivity contribution in [1.29, 1.82) is 0 Å². The first-order valence-electron chi connectivity index (χ1n) is 5.19. The van der Waals surface area contributed by atoms with Crippen molar-refractivity contribution in [3.05, 3.63) is 29.6 Å². The van der Waals surface area contributed by atoms with Gasteiger partial charge in [0.1, 0.15) is 5.82 Å². The molecule has 0 aliphatic heterocycles. The van der Waals surface area contributed by atoms with Gasteiger partial charge in [0.05, 0.1) is 17.4 Å². The first-order valence-corrected chi connectivity index (χ1v) is 5.19. The predicted octanol–water partition coefficient (Wildman–Crippen LogP) is 1.88. The summed E-state index contributed by atoms with van der Waals surface area (Å²) in [6.07, 6.45) is -1.06. The Bertz CT molecular complexity index is 475. The van der Waals surface area contributed by atoms with Crippen LogP contribution in [-0.2, 0) is 4.74 Å². The maximum absolute atomic E-state index is 13.5. The molecule has 0 fully saturated rings. The number of nitrogens with one attached hydrogen (secondary N) is 1. The molecule has 0 radical (unpaired) electrons. The van der Waals surface area contributed by atoms with Gasteiger partial charge in [-0.25, -0.2) is 9.18 Å². The van der Waals surface area contributed by atoms with Gasteiger partial charge in [0.2, 0.25) is 0 Å². The Morgan fingerprint density at radius 2 is 2.22 bits per heavy atom. The molecule has 4 N–H and O–H groups in total. The van der Waals surface area contributed by atoms with E-state index < -0.39 is 17.7 Å². The SMILES string of the molecule is CC(C)OC(=O)Nc1cccc(F)c1C(N)=NO. The number of rotatable bonds is 3. The Morgan fingerprint density at radius 3 is 2.78 bits per heavy atom. The molecule has 1 aromatic rings. The number of nitrogens with zero attached hydrogens (tertiary/aromatic N) is 1. The molecule has 6 nitrogen and oxygen atoms in total. The van der Waals surface area contributed by atoms with Crippen molar-refractivity contribution in [1.82, 2.24) is 0 Å². The van der Waals surface area contributed by atoms with Crippen LogP contribution in [0.3, 0.4) is 0 Å². The van der Waals surface area contributed by atoms with Crippen molar-refractivity contribution in [2.45, 2.75) is 20.0 Å². The summed E-state index contributed by atoms with van der Waals surface area (Å²) in [7, 11) is 0. The molecule has 1 aromatic carbocycles. The van der Waals surface area contributed by atoms with E-state index in [1.54, 1.807) is 13.8 Å². The molecule has 7 heteroatoms. The first-order chi connectivity index (χ1) is 8.45. The Hall–Kier alpha value is -2.31. The molecule has 0 aromatic heterocycles. The van der Waals surface area contributed by atoms with Crippen molar-refractivity contribution in [3.63, 3.8) is 0 Å². The van der Waals surface area contributed by atoms with E-state index in [2.05, 4.69) is 10.5 Å². The van der Waals surface area contributed by atoms with Gasteiger partial charge in [-0.3, -0.25) is 5.32 Å². The topological polar surface area (TPSA) is 96.9 Å². The van der Waals surface area contributed by atoms with Gasteiger partial charge in [0.25, 0.3) is 0 Å². The quantitative estimate of drug-likeness (QED) is 0.332. The number of oxime groups is 1. The van der Waals surface area contributed by atoms with E-state index in [1.807, 2.05) is 0 Å². The lowest BCUT2D eigenvalue weighted by Crippen LogP contribution is -2.22. The van der Waals surface area contributed by atoms with Crippen LogP contribution in [0.1, 0.15) is 19.4 Å². The highest BCUT2D eigenvalue weighted by molar-refractivity contribution is 6.04. The standard InChI is InChI=1S/C11H14FN3O3/c1-6(2)18-11(16)14-8-5-3-4-7(12)9(8)10(13)15-17/h3-6,17H,1-2H3,(H2,13,15)(H,14,16). The summed E-state index contributed by atoms with van der Waals surface area (Å²) in [5, 5.41) is 13.6. The third-order valence-corrected chi connectivity index (χ3v) is 1.96. The fourth-order valence-corrected chi connectivity index (χ4v) is 1.29. The average Bonchev–Trinajstić information content (AvgIpc) is 2.27. The Morgan fingerprint density at radius 1 is 1.56 bits per heavy atom. The van der Waals surface area contributed by atoms with Gasteiger partial charge in [-0.15, -0.1) is 0 Å². The number of anilines is 1. The Balaban J connectivity index is 3.02. The van der Waals surface area contributed by atoms with Gasteiger partial charge < -0.3 is 15.7 Å². The lowest BCUT2D eigenvalue weighted by Gasteiger charge is -2.12. The Kier molecular flexibility index (Phi) is 4.47. The van der Waals surface area contributed by atoms with E-state index >= 15 is 0 Å². The molecule has 0 saturated carbocycles. The molecule has 0 spiro atoms. The van der Waals surface area contributed by atoms with Gasteiger partial charge in [-0.05, 0) is 26.0 Å². The average molecular weight is 255 g/mol. The van der Waals surface area contributed by atoms with E-state index in [1.165, 1.54) is 12.1 Å². The van der Waals surface area contributed by atoms with Crippen molar-refractivity contribution in [3.8, 4) is 0 Å². The molecule has 1 amide bonds. The summed E-state index contributed by atoms with van der Waals surface area (Å²) >= 11 is 0. The van der Waals surface area contributed by atoms with Crippen LogP contribution in [0.25, 0.3) is 0 Å². The van der Waals surface area contributed by atoms with Gasteiger partial charge in [-0.2, -0.15) is 0 Å². The van der Waals surface area contributed by atoms with Crippen molar-refractivity contribution >= 4 is 17.6 Å². The number of ether oxygens (including phenoxy) is 1.